The van der Waals surface area contributed by atoms with Crippen LogP contribution in [0.2, 0.25) is 0 Å². The maximum absolute atomic E-state index is 12.5. The second kappa shape index (κ2) is 6.17. The minimum atomic E-state index is -0.102. The van der Waals surface area contributed by atoms with Gasteiger partial charge in [0.1, 0.15) is 17.4 Å². The number of fused-ring (bicyclic) bond motifs is 1. The van der Waals surface area contributed by atoms with Crippen LogP contribution in [-0.4, -0.2) is 33.3 Å². The molecule has 2 heterocycles. The molecule has 0 spiro atoms. The van der Waals surface area contributed by atoms with Crippen molar-refractivity contribution in [3.05, 3.63) is 41.5 Å². The van der Waals surface area contributed by atoms with E-state index in [0.717, 1.165) is 24.5 Å². The van der Waals surface area contributed by atoms with Crippen LogP contribution >= 0.6 is 0 Å². The van der Waals surface area contributed by atoms with Gasteiger partial charge in [0.2, 0.25) is 0 Å². The van der Waals surface area contributed by atoms with Gasteiger partial charge in [0, 0.05) is 12.5 Å². The lowest BCUT2D eigenvalue weighted by Crippen LogP contribution is -2.41. The summed E-state index contributed by atoms with van der Waals surface area (Å²) in [4.78, 5) is 16.9. The first kappa shape index (κ1) is 14.6. The molecule has 116 valence electrons. The zero-order valence-electron chi connectivity index (χ0n) is 12.9. The van der Waals surface area contributed by atoms with Crippen molar-refractivity contribution < 1.29 is 9.53 Å². The molecule has 1 aromatic heterocycles. The minimum Gasteiger partial charge on any atom is -0.493 e. The summed E-state index contributed by atoms with van der Waals surface area (Å²) in [6, 6.07) is 7.38. The predicted molar refractivity (Wildman–Crippen MR) is 81.9 cm³/mol. The van der Waals surface area contributed by atoms with Gasteiger partial charge in [0.05, 0.1) is 18.7 Å². The molecule has 3 rings (SSSR count). The van der Waals surface area contributed by atoms with Gasteiger partial charge in [-0.3, -0.25) is 4.79 Å². The van der Waals surface area contributed by atoms with Gasteiger partial charge < -0.3 is 10.1 Å². The number of hydrogen-bond donors (Lipinski definition) is 1. The standard InChI is InChI=1S/C16H20N4O2/c1-3-22-14-7-5-4-6-13(14)16(21)18-12-8-9-15-17-11(2)19-20(15)10-12/h4-7,12H,3,8-10H2,1-2H3,(H,18,21). The molecule has 22 heavy (non-hydrogen) atoms. The quantitative estimate of drug-likeness (QED) is 0.933. The zero-order valence-corrected chi connectivity index (χ0v) is 12.9. The number of nitrogens with zero attached hydrogens (tertiary/aromatic N) is 3. The van der Waals surface area contributed by atoms with Crippen molar-refractivity contribution in [3.8, 4) is 5.75 Å². The van der Waals surface area contributed by atoms with Gasteiger partial charge in [-0.05, 0) is 32.4 Å². The molecule has 0 radical (unpaired) electrons. The Kier molecular flexibility index (Phi) is 4.09. The lowest BCUT2D eigenvalue weighted by Gasteiger charge is -2.24. The van der Waals surface area contributed by atoms with Gasteiger partial charge in [0.15, 0.2) is 0 Å². The van der Waals surface area contributed by atoms with E-state index in [4.69, 9.17) is 4.74 Å². The first-order valence-corrected chi connectivity index (χ1v) is 7.60. The summed E-state index contributed by atoms with van der Waals surface area (Å²) < 4.78 is 7.41. The first-order chi connectivity index (χ1) is 10.7. The fourth-order valence-corrected chi connectivity index (χ4v) is 2.75. The Balaban J connectivity index is 1.70. The predicted octanol–water partition coefficient (Wildman–Crippen LogP) is 1.73. The summed E-state index contributed by atoms with van der Waals surface area (Å²) in [5.41, 5.74) is 0.574. The highest BCUT2D eigenvalue weighted by atomic mass is 16.5. The third kappa shape index (κ3) is 2.95. The van der Waals surface area contributed by atoms with Crippen LogP contribution in [0.4, 0.5) is 0 Å². The van der Waals surface area contributed by atoms with E-state index in [1.807, 2.05) is 36.7 Å². The molecule has 0 bridgehead atoms. The Hall–Kier alpha value is -2.37. The number of ether oxygens (including phenoxy) is 1. The van der Waals surface area contributed by atoms with Crippen molar-refractivity contribution in [2.75, 3.05) is 6.61 Å². The third-order valence-corrected chi connectivity index (χ3v) is 3.73. The molecule has 1 N–H and O–H groups in total. The highest BCUT2D eigenvalue weighted by Crippen LogP contribution is 2.19. The number of carbonyl (C=O) groups is 1. The van der Waals surface area contributed by atoms with Gasteiger partial charge in [-0.15, -0.1) is 0 Å². The molecule has 0 fully saturated rings. The lowest BCUT2D eigenvalue weighted by molar-refractivity contribution is 0.0922. The molecule has 1 aliphatic rings. The lowest BCUT2D eigenvalue weighted by atomic mass is 10.1. The molecule has 1 amide bonds. The number of aryl methyl sites for hydroxylation is 2. The van der Waals surface area contributed by atoms with E-state index < -0.39 is 0 Å². The molecular weight excluding hydrogens is 280 g/mol. The topological polar surface area (TPSA) is 69.0 Å². The van der Waals surface area contributed by atoms with E-state index in [9.17, 15) is 4.79 Å². The number of rotatable bonds is 4. The molecule has 6 heteroatoms. The Labute approximate surface area is 129 Å². The van der Waals surface area contributed by atoms with Crippen LogP contribution in [0.25, 0.3) is 0 Å². The highest BCUT2D eigenvalue weighted by molar-refractivity contribution is 5.97. The molecular formula is C16H20N4O2. The average molecular weight is 300 g/mol. The number of amides is 1. The number of carbonyl (C=O) groups excluding carboxylic acids is 1. The van der Waals surface area contributed by atoms with Gasteiger partial charge in [-0.2, -0.15) is 5.10 Å². The summed E-state index contributed by atoms with van der Waals surface area (Å²) in [5, 5.41) is 7.43. The first-order valence-electron chi connectivity index (χ1n) is 7.60. The zero-order chi connectivity index (χ0) is 15.5. The normalized spacial score (nSPS) is 16.9. The Bertz CT molecular complexity index is 681. The van der Waals surface area contributed by atoms with Crippen LogP contribution in [0.3, 0.4) is 0 Å². The number of benzene rings is 1. The third-order valence-electron chi connectivity index (χ3n) is 3.73. The molecule has 1 atom stereocenters. The summed E-state index contributed by atoms with van der Waals surface area (Å²) in [6.45, 7) is 5.00. The van der Waals surface area contributed by atoms with Crippen molar-refractivity contribution in [1.29, 1.82) is 0 Å². The van der Waals surface area contributed by atoms with E-state index in [2.05, 4.69) is 15.4 Å². The highest BCUT2D eigenvalue weighted by Gasteiger charge is 2.23. The van der Waals surface area contributed by atoms with Crippen LogP contribution in [0.5, 0.6) is 5.75 Å². The van der Waals surface area contributed by atoms with Gasteiger partial charge in [0.25, 0.3) is 5.91 Å². The molecule has 0 saturated heterocycles. The second-order valence-electron chi connectivity index (χ2n) is 5.40. The smallest absolute Gasteiger partial charge is 0.255 e. The van der Waals surface area contributed by atoms with Gasteiger partial charge in [-0.1, -0.05) is 12.1 Å². The maximum atomic E-state index is 12.5. The molecule has 1 aromatic carbocycles. The van der Waals surface area contributed by atoms with Crippen LogP contribution in [0, 0.1) is 6.92 Å². The van der Waals surface area contributed by atoms with Crippen molar-refractivity contribution in [2.45, 2.75) is 39.3 Å². The summed E-state index contributed by atoms with van der Waals surface area (Å²) in [5.74, 6) is 2.30. The SMILES string of the molecule is CCOc1ccccc1C(=O)NC1CCc2nc(C)nn2C1. The van der Waals surface area contributed by atoms with Gasteiger partial charge >= 0.3 is 0 Å². The molecule has 1 aliphatic heterocycles. The fourth-order valence-electron chi connectivity index (χ4n) is 2.75. The van der Waals surface area contributed by atoms with E-state index in [1.54, 1.807) is 6.07 Å². The Morgan fingerprint density at radius 1 is 1.45 bits per heavy atom. The monoisotopic (exact) mass is 300 g/mol. The Morgan fingerprint density at radius 3 is 3.09 bits per heavy atom. The summed E-state index contributed by atoms with van der Waals surface area (Å²) in [7, 11) is 0. The molecule has 0 aliphatic carbocycles. The molecule has 6 nitrogen and oxygen atoms in total. The summed E-state index contributed by atoms with van der Waals surface area (Å²) in [6.07, 6.45) is 1.71. The second-order valence-corrected chi connectivity index (χ2v) is 5.40. The molecule has 0 saturated carbocycles. The molecule has 2 aromatic rings. The average Bonchev–Trinajstić information content (AvgIpc) is 2.87. The van der Waals surface area contributed by atoms with Crippen LogP contribution in [-0.2, 0) is 13.0 Å². The van der Waals surface area contributed by atoms with Crippen LogP contribution in [0.1, 0.15) is 35.4 Å². The molecule has 1 unspecified atom stereocenters. The Morgan fingerprint density at radius 2 is 2.27 bits per heavy atom. The van der Waals surface area contributed by atoms with E-state index in [0.29, 0.717) is 24.5 Å². The van der Waals surface area contributed by atoms with Crippen LogP contribution in [0.15, 0.2) is 24.3 Å². The minimum absolute atomic E-state index is 0.0655. The largest absolute Gasteiger partial charge is 0.493 e. The van der Waals surface area contributed by atoms with Crippen molar-refractivity contribution >= 4 is 5.91 Å². The number of para-hydroxylation sites is 1. The van der Waals surface area contributed by atoms with Crippen molar-refractivity contribution in [3.63, 3.8) is 0 Å². The number of hydrogen-bond acceptors (Lipinski definition) is 4. The summed E-state index contributed by atoms with van der Waals surface area (Å²) >= 11 is 0. The fraction of sp³-hybridized carbons (Fsp3) is 0.438. The maximum Gasteiger partial charge on any atom is 0.255 e. The van der Waals surface area contributed by atoms with Gasteiger partial charge in [-0.25, -0.2) is 9.67 Å². The number of aromatic nitrogens is 3. The van der Waals surface area contributed by atoms with E-state index >= 15 is 0 Å². The van der Waals surface area contributed by atoms with E-state index in [-0.39, 0.29) is 11.9 Å². The van der Waals surface area contributed by atoms with E-state index in [1.165, 1.54) is 0 Å². The van der Waals surface area contributed by atoms with Crippen molar-refractivity contribution in [1.82, 2.24) is 20.1 Å². The van der Waals surface area contributed by atoms with Crippen molar-refractivity contribution in [2.24, 2.45) is 0 Å². The van der Waals surface area contributed by atoms with Crippen LogP contribution < -0.4 is 10.1 Å². The number of nitrogens with one attached hydrogen (secondary N) is 1.